The Bertz CT molecular complexity index is 1360. The number of methoxy groups -OCH3 is 1. The first-order chi connectivity index (χ1) is 16.7. The topological polar surface area (TPSA) is 187 Å². The molecule has 0 saturated heterocycles. The van der Waals surface area contributed by atoms with Gasteiger partial charge in [0, 0.05) is 0 Å². The van der Waals surface area contributed by atoms with Gasteiger partial charge < -0.3 is 20.8 Å². The van der Waals surface area contributed by atoms with Gasteiger partial charge in [-0.2, -0.15) is 0 Å². The van der Waals surface area contributed by atoms with E-state index in [-0.39, 0.29) is 59.6 Å². The fourth-order valence-electron chi connectivity index (χ4n) is 2.87. The summed E-state index contributed by atoms with van der Waals surface area (Å²) in [5.74, 6) is -2.60. The van der Waals surface area contributed by atoms with Gasteiger partial charge in [0.2, 0.25) is 0 Å². The molecular formula is C23H25F2LiN6O6. The Morgan fingerprint density at radius 2 is 1.29 bits per heavy atom. The second-order valence-corrected chi connectivity index (χ2v) is 7.50. The van der Waals surface area contributed by atoms with Crippen LogP contribution in [0.15, 0.2) is 49.1 Å². The molecule has 2 aromatic heterocycles. The SMILES string of the molecule is COC(=O)c1ncn(Cc2ccc(C)c(F)c2)n1.Cc1ccc(Cn2cnc(C(=O)O)n2)cc1F.O.[Li+].[OH-]. The Labute approximate surface area is 228 Å². The first-order valence-corrected chi connectivity index (χ1v) is 10.3. The molecule has 0 fully saturated rings. The standard InChI is InChI=1S/C12H12FN3O2.C11H10FN3O2.Li.2H2O/c1-8-3-4-9(5-10(8)13)6-16-7-14-11(15-16)12(17)18-2;1-7-2-3-8(4-9(7)12)5-15-6-13-10(14-15)11(16)17;;;/h3-5,7H,6H2,1-2H3;2-4,6H,5H2,1H3,(H,16,17);;2*1H2/q;;+1;;/p-1. The molecule has 0 amide bonds. The average Bonchev–Trinajstić information content (AvgIpc) is 3.49. The number of carbonyl (C=O) groups excluding carboxylic acids is 1. The molecule has 4 N–H and O–H groups in total. The number of aromatic nitrogens is 6. The molecule has 0 aliphatic carbocycles. The van der Waals surface area contributed by atoms with Crippen LogP contribution in [0.2, 0.25) is 0 Å². The van der Waals surface area contributed by atoms with Crippen LogP contribution in [-0.4, -0.2) is 64.6 Å². The average molecular weight is 526 g/mol. The summed E-state index contributed by atoms with van der Waals surface area (Å²) < 4.78 is 33.9. The summed E-state index contributed by atoms with van der Waals surface area (Å²) in [5, 5.41) is 16.3. The summed E-state index contributed by atoms with van der Waals surface area (Å²) in [6.45, 7) is 4.01. The van der Waals surface area contributed by atoms with E-state index >= 15 is 0 Å². The van der Waals surface area contributed by atoms with Crippen LogP contribution in [0.25, 0.3) is 0 Å². The molecule has 0 radical (unpaired) electrons. The number of aromatic carboxylic acids is 1. The van der Waals surface area contributed by atoms with Crippen LogP contribution in [0.5, 0.6) is 0 Å². The number of carbonyl (C=O) groups is 2. The summed E-state index contributed by atoms with van der Waals surface area (Å²) in [7, 11) is 1.26. The van der Waals surface area contributed by atoms with E-state index in [0.717, 1.165) is 5.56 Å². The van der Waals surface area contributed by atoms with Crippen LogP contribution in [0, 0.1) is 25.5 Å². The third kappa shape index (κ3) is 9.16. The molecule has 4 aromatic rings. The number of nitrogens with zero attached hydrogens (tertiary/aromatic N) is 6. The number of hydrogen-bond donors (Lipinski definition) is 1. The summed E-state index contributed by atoms with van der Waals surface area (Å²) in [4.78, 5) is 29.1. The first kappa shape index (κ1) is 34.0. The van der Waals surface area contributed by atoms with Crippen molar-refractivity contribution in [1.82, 2.24) is 29.5 Å². The van der Waals surface area contributed by atoms with E-state index < -0.39 is 11.9 Å². The van der Waals surface area contributed by atoms with Crippen LogP contribution in [-0.2, 0) is 17.8 Å². The van der Waals surface area contributed by atoms with Gasteiger partial charge in [-0.05, 0) is 48.2 Å². The molecule has 0 aliphatic heterocycles. The van der Waals surface area contributed by atoms with Crippen LogP contribution in [0.3, 0.4) is 0 Å². The molecule has 0 spiro atoms. The van der Waals surface area contributed by atoms with Gasteiger partial charge in [-0.1, -0.05) is 24.3 Å². The van der Waals surface area contributed by atoms with Gasteiger partial charge in [-0.15, -0.1) is 10.2 Å². The number of halogens is 2. The summed E-state index contributed by atoms with van der Waals surface area (Å²) in [5.41, 5.74) is 2.61. The predicted octanol–water partition coefficient (Wildman–Crippen LogP) is -0.965. The number of esters is 1. The van der Waals surface area contributed by atoms with Gasteiger partial charge in [0.1, 0.15) is 24.3 Å². The van der Waals surface area contributed by atoms with Crippen molar-refractivity contribution in [3.05, 3.63) is 94.6 Å². The minimum absolute atomic E-state index is 0. The minimum atomic E-state index is -1.18. The summed E-state index contributed by atoms with van der Waals surface area (Å²) in [6.07, 6.45) is 2.71. The zero-order valence-corrected chi connectivity index (χ0v) is 21.1. The van der Waals surface area contributed by atoms with Crippen molar-refractivity contribution in [3.63, 3.8) is 0 Å². The maximum atomic E-state index is 13.4. The third-order valence-corrected chi connectivity index (χ3v) is 4.79. The Morgan fingerprint density at radius 3 is 1.66 bits per heavy atom. The first-order valence-electron chi connectivity index (χ1n) is 10.3. The Morgan fingerprint density at radius 1 is 0.868 bits per heavy atom. The van der Waals surface area contributed by atoms with Crippen molar-refractivity contribution in [2.75, 3.05) is 7.11 Å². The molecule has 15 heteroatoms. The van der Waals surface area contributed by atoms with Gasteiger partial charge in [-0.3, -0.25) is 0 Å². The number of carboxylic acids is 1. The fraction of sp³-hybridized carbons (Fsp3) is 0.217. The molecule has 2 aromatic carbocycles. The zero-order valence-electron chi connectivity index (χ0n) is 21.1. The van der Waals surface area contributed by atoms with E-state index in [4.69, 9.17) is 5.11 Å². The Hall–Kier alpha value is -3.96. The van der Waals surface area contributed by atoms with E-state index in [0.29, 0.717) is 23.2 Å². The number of hydrogen-bond acceptors (Lipinski definition) is 8. The minimum Gasteiger partial charge on any atom is -0.870 e. The molecule has 0 unspecified atom stereocenters. The van der Waals surface area contributed by atoms with Gasteiger partial charge in [0.25, 0.3) is 11.6 Å². The molecule has 198 valence electrons. The van der Waals surface area contributed by atoms with Crippen molar-refractivity contribution in [3.8, 4) is 0 Å². The molecule has 0 atom stereocenters. The normalized spacial score (nSPS) is 9.61. The van der Waals surface area contributed by atoms with Gasteiger partial charge in [-0.25, -0.2) is 37.7 Å². The second kappa shape index (κ2) is 15.3. The Kier molecular flexibility index (Phi) is 13.7. The van der Waals surface area contributed by atoms with Gasteiger partial charge in [0.15, 0.2) is 0 Å². The molecule has 0 aliphatic rings. The van der Waals surface area contributed by atoms with Crippen LogP contribution >= 0.6 is 0 Å². The molecule has 2 heterocycles. The molecule has 12 nitrogen and oxygen atoms in total. The van der Waals surface area contributed by atoms with E-state index in [1.165, 1.54) is 41.3 Å². The number of ether oxygens (including phenoxy) is 1. The van der Waals surface area contributed by atoms with Crippen molar-refractivity contribution in [2.45, 2.75) is 26.9 Å². The van der Waals surface area contributed by atoms with Crippen LogP contribution in [0.4, 0.5) is 8.78 Å². The number of carboxylic acid groups (broad SMARTS) is 1. The van der Waals surface area contributed by atoms with E-state index in [1.54, 1.807) is 38.1 Å². The summed E-state index contributed by atoms with van der Waals surface area (Å²) in [6, 6.07) is 9.77. The molecular weight excluding hydrogens is 501 g/mol. The van der Waals surface area contributed by atoms with Gasteiger partial charge >= 0.3 is 30.8 Å². The quantitative estimate of drug-likeness (QED) is 0.244. The predicted molar refractivity (Wildman–Crippen MR) is 124 cm³/mol. The number of benzene rings is 2. The maximum absolute atomic E-state index is 13.4. The molecule has 0 saturated carbocycles. The molecule has 38 heavy (non-hydrogen) atoms. The zero-order chi connectivity index (χ0) is 25.5. The number of aryl methyl sites for hydroxylation is 2. The smallest absolute Gasteiger partial charge is 0.870 e. The third-order valence-electron chi connectivity index (χ3n) is 4.79. The number of rotatable bonds is 6. The second-order valence-electron chi connectivity index (χ2n) is 7.50. The largest absolute Gasteiger partial charge is 1.00 e. The van der Waals surface area contributed by atoms with Gasteiger partial charge in [0.05, 0.1) is 20.2 Å². The van der Waals surface area contributed by atoms with Crippen molar-refractivity contribution in [1.29, 1.82) is 0 Å². The maximum Gasteiger partial charge on any atom is 1.00 e. The van der Waals surface area contributed by atoms with E-state index in [9.17, 15) is 18.4 Å². The van der Waals surface area contributed by atoms with Crippen LogP contribution < -0.4 is 18.9 Å². The van der Waals surface area contributed by atoms with Crippen molar-refractivity contribution in [2.24, 2.45) is 0 Å². The Balaban J connectivity index is 0.000000669. The summed E-state index contributed by atoms with van der Waals surface area (Å²) >= 11 is 0. The molecule has 4 rings (SSSR count). The van der Waals surface area contributed by atoms with E-state index in [1.807, 2.05) is 0 Å². The van der Waals surface area contributed by atoms with Crippen molar-refractivity contribution >= 4 is 11.9 Å². The molecule has 0 bridgehead atoms. The monoisotopic (exact) mass is 526 g/mol. The van der Waals surface area contributed by atoms with Crippen molar-refractivity contribution < 1.29 is 58.0 Å². The van der Waals surface area contributed by atoms with E-state index in [2.05, 4.69) is 24.9 Å². The fourth-order valence-corrected chi connectivity index (χ4v) is 2.87. The van der Waals surface area contributed by atoms with Crippen LogP contribution in [0.1, 0.15) is 43.5 Å².